The Morgan fingerprint density at radius 2 is 2.06 bits per heavy atom. The molecule has 2 aromatic heterocycles. The van der Waals surface area contributed by atoms with Crippen molar-refractivity contribution in [3.8, 4) is 11.7 Å². The molecule has 1 fully saturated rings. The van der Waals surface area contributed by atoms with Gasteiger partial charge >= 0.3 is 0 Å². The zero-order valence-corrected chi connectivity index (χ0v) is 9.91. The molecule has 0 saturated heterocycles. The number of nitrogens with two attached hydrogens (primary N) is 1. The van der Waals surface area contributed by atoms with E-state index in [1.165, 1.54) is 0 Å². The molecular weight excluding hydrogens is 242 g/mol. The molecule has 1 aliphatic rings. The van der Waals surface area contributed by atoms with E-state index in [9.17, 15) is 0 Å². The van der Waals surface area contributed by atoms with Gasteiger partial charge in [0, 0.05) is 0 Å². The largest absolute Gasteiger partial charge is 0.440 e. The minimum absolute atomic E-state index is 0.295. The van der Waals surface area contributed by atoms with E-state index >= 15 is 0 Å². The van der Waals surface area contributed by atoms with E-state index in [0.717, 1.165) is 25.7 Å². The van der Waals surface area contributed by atoms with Crippen LogP contribution < -0.4 is 5.73 Å². The van der Waals surface area contributed by atoms with Crippen molar-refractivity contribution in [2.45, 2.75) is 31.2 Å². The van der Waals surface area contributed by atoms with Crippen LogP contribution in [0.15, 0.2) is 21.1 Å². The van der Waals surface area contributed by atoms with Crippen LogP contribution >= 0.6 is 11.6 Å². The van der Waals surface area contributed by atoms with Crippen LogP contribution in [0.4, 0.5) is 0 Å². The lowest BCUT2D eigenvalue weighted by Gasteiger charge is -2.17. The highest BCUT2D eigenvalue weighted by Gasteiger charge is 2.36. The van der Waals surface area contributed by atoms with Gasteiger partial charge < -0.3 is 14.7 Å². The van der Waals surface area contributed by atoms with Gasteiger partial charge in [0.2, 0.25) is 0 Å². The SMILES string of the molecule is NC1(c2noc(-c3ccc(Cl)o3)n2)CCCC1. The molecule has 1 saturated carbocycles. The second-order valence-electron chi connectivity index (χ2n) is 4.39. The van der Waals surface area contributed by atoms with Gasteiger partial charge in [0.1, 0.15) is 0 Å². The average Bonchev–Trinajstić information content (AvgIpc) is 2.96. The summed E-state index contributed by atoms with van der Waals surface area (Å²) in [6.45, 7) is 0. The number of rotatable bonds is 2. The Labute approximate surface area is 103 Å². The summed E-state index contributed by atoms with van der Waals surface area (Å²) in [6, 6.07) is 3.33. The van der Waals surface area contributed by atoms with Crippen LogP contribution in [0.1, 0.15) is 31.5 Å². The first kappa shape index (κ1) is 10.8. The van der Waals surface area contributed by atoms with Crippen LogP contribution in [0.3, 0.4) is 0 Å². The molecule has 0 radical (unpaired) electrons. The molecule has 2 N–H and O–H groups in total. The minimum atomic E-state index is -0.446. The Morgan fingerprint density at radius 1 is 1.29 bits per heavy atom. The van der Waals surface area contributed by atoms with Crippen LogP contribution in [0.2, 0.25) is 5.22 Å². The Balaban J connectivity index is 1.92. The molecule has 0 amide bonds. The topological polar surface area (TPSA) is 78.1 Å². The molecule has 1 aliphatic carbocycles. The number of halogens is 1. The molecule has 3 rings (SSSR count). The number of nitrogens with zero attached hydrogens (tertiary/aromatic N) is 2. The van der Waals surface area contributed by atoms with Gasteiger partial charge in [-0.2, -0.15) is 4.98 Å². The fourth-order valence-corrected chi connectivity index (χ4v) is 2.33. The third kappa shape index (κ3) is 1.85. The van der Waals surface area contributed by atoms with Crippen molar-refractivity contribution in [2.24, 2.45) is 5.73 Å². The Hall–Kier alpha value is -1.33. The zero-order valence-electron chi connectivity index (χ0n) is 9.15. The zero-order chi connectivity index (χ0) is 11.9. The highest BCUT2D eigenvalue weighted by atomic mass is 35.5. The van der Waals surface area contributed by atoms with E-state index < -0.39 is 5.54 Å². The van der Waals surface area contributed by atoms with Crippen molar-refractivity contribution in [3.05, 3.63) is 23.2 Å². The molecule has 17 heavy (non-hydrogen) atoms. The normalized spacial score (nSPS) is 18.7. The van der Waals surface area contributed by atoms with Crippen LogP contribution in [0.25, 0.3) is 11.7 Å². The van der Waals surface area contributed by atoms with E-state index in [1.54, 1.807) is 12.1 Å². The smallest absolute Gasteiger partial charge is 0.293 e. The van der Waals surface area contributed by atoms with E-state index in [4.69, 9.17) is 26.3 Å². The Bertz CT molecular complexity index is 528. The third-order valence-corrected chi connectivity index (χ3v) is 3.35. The highest BCUT2D eigenvalue weighted by molar-refractivity contribution is 6.28. The second-order valence-corrected chi connectivity index (χ2v) is 4.76. The van der Waals surface area contributed by atoms with E-state index in [-0.39, 0.29) is 0 Å². The monoisotopic (exact) mass is 253 g/mol. The van der Waals surface area contributed by atoms with Gasteiger partial charge in [-0.1, -0.05) is 18.0 Å². The molecule has 0 bridgehead atoms. The molecule has 2 heterocycles. The summed E-state index contributed by atoms with van der Waals surface area (Å²) in [6.07, 6.45) is 4.00. The van der Waals surface area contributed by atoms with Crippen molar-refractivity contribution in [3.63, 3.8) is 0 Å². The van der Waals surface area contributed by atoms with Gasteiger partial charge in [-0.15, -0.1) is 0 Å². The number of aromatic nitrogens is 2. The summed E-state index contributed by atoms with van der Waals surface area (Å²) < 4.78 is 10.4. The summed E-state index contributed by atoms with van der Waals surface area (Å²) >= 11 is 5.69. The molecule has 90 valence electrons. The van der Waals surface area contributed by atoms with Crippen molar-refractivity contribution in [1.29, 1.82) is 0 Å². The summed E-state index contributed by atoms with van der Waals surface area (Å²) in [7, 11) is 0. The van der Waals surface area contributed by atoms with Crippen molar-refractivity contribution >= 4 is 11.6 Å². The fourth-order valence-electron chi connectivity index (χ4n) is 2.18. The van der Waals surface area contributed by atoms with Gasteiger partial charge in [-0.05, 0) is 36.6 Å². The van der Waals surface area contributed by atoms with Crippen LogP contribution in [0, 0.1) is 0 Å². The maximum Gasteiger partial charge on any atom is 0.293 e. The number of hydrogen-bond donors (Lipinski definition) is 1. The first-order chi connectivity index (χ1) is 8.17. The van der Waals surface area contributed by atoms with Crippen molar-refractivity contribution in [2.75, 3.05) is 0 Å². The molecule has 0 spiro atoms. The van der Waals surface area contributed by atoms with Crippen molar-refractivity contribution in [1.82, 2.24) is 10.1 Å². The fraction of sp³-hybridized carbons (Fsp3) is 0.455. The molecule has 0 aromatic carbocycles. The molecule has 0 atom stereocenters. The summed E-state index contributed by atoms with van der Waals surface area (Å²) in [4.78, 5) is 4.29. The second kappa shape index (κ2) is 3.85. The lowest BCUT2D eigenvalue weighted by molar-refractivity contribution is 0.368. The number of furan rings is 1. The lowest BCUT2D eigenvalue weighted by atomic mass is 9.99. The molecular formula is C11H12ClN3O2. The maximum absolute atomic E-state index is 6.24. The maximum atomic E-state index is 6.24. The van der Waals surface area contributed by atoms with Gasteiger partial charge in [0.05, 0.1) is 5.54 Å². The average molecular weight is 254 g/mol. The predicted molar refractivity (Wildman–Crippen MR) is 61.3 cm³/mol. The van der Waals surface area contributed by atoms with Gasteiger partial charge in [0.15, 0.2) is 16.8 Å². The summed E-state index contributed by atoms with van der Waals surface area (Å²) in [5.41, 5.74) is 5.79. The highest BCUT2D eigenvalue weighted by Crippen LogP contribution is 2.35. The number of hydrogen-bond acceptors (Lipinski definition) is 5. The molecule has 0 unspecified atom stereocenters. The van der Waals surface area contributed by atoms with Gasteiger partial charge in [-0.3, -0.25) is 0 Å². The quantitative estimate of drug-likeness (QED) is 0.890. The van der Waals surface area contributed by atoms with E-state index in [1.807, 2.05) is 0 Å². The molecule has 0 aliphatic heterocycles. The van der Waals surface area contributed by atoms with Crippen LogP contribution in [-0.4, -0.2) is 10.1 Å². The third-order valence-electron chi connectivity index (χ3n) is 3.15. The van der Waals surface area contributed by atoms with Crippen LogP contribution in [0.5, 0.6) is 0 Å². The first-order valence-corrected chi connectivity index (χ1v) is 5.94. The summed E-state index contributed by atoms with van der Waals surface area (Å²) in [5.74, 6) is 1.34. The molecule has 5 nitrogen and oxygen atoms in total. The predicted octanol–water partition coefficient (Wildman–Crippen LogP) is 2.71. The van der Waals surface area contributed by atoms with E-state index in [0.29, 0.717) is 22.7 Å². The van der Waals surface area contributed by atoms with Gasteiger partial charge in [-0.25, -0.2) is 0 Å². The Morgan fingerprint density at radius 3 is 2.71 bits per heavy atom. The molecule has 2 aromatic rings. The molecule has 6 heteroatoms. The minimum Gasteiger partial charge on any atom is -0.440 e. The standard InChI is InChI=1S/C11H12ClN3O2/c12-8-4-3-7(16-8)9-14-10(15-17-9)11(13)5-1-2-6-11/h3-4H,1-2,5-6,13H2. The Kier molecular flexibility index (Phi) is 2.45. The van der Waals surface area contributed by atoms with Gasteiger partial charge in [0.25, 0.3) is 5.89 Å². The van der Waals surface area contributed by atoms with Crippen LogP contribution in [-0.2, 0) is 5.54 Å². The first-order valence-electron chi connectivity index (χ1n) is 5.56. The van der Waals surface area contributed by atoms with E-state index in [2.05, 4.69) is 10.1 Å². The van der Waals surface area contributed by atoms with Crippen molar-refractivity contribution < 1.29 is 8.94 Å². The summed E-state index contributed by atoms with van der Waals surface area (Å²) in [5, 5.41) is 4.24. The lowest BCUT2D eigenvalue weighted by Crippen LogP contribution is -2.34.